The van der Waals surface area contributed by atoms with E-state index in [0.29, 0.717) is 11.8 Å². The number of anilines is 1. The Morgan fingerprint density at radius 3 is 2.66 bits per heavy atom. The van der Waals surface area contributed by atoms with Crippen molar-refractivity contribution in [3.63, 3.8) is 0 Å². The number of nitrogens with two attached hydrogens (primary N) is 1. The van der Waals surface area contributed by atoms with E-state index >= 15 is 0 Å². The maximum absolute atomic E-state index is 13.2. The number of aliphatic carboxylic acids is 1. The number of β-lactam (4-membered cyclic amide) rings is 1. The van der Waals surface area contributed by atoms with Gasteiger partial charge in [0.1, 0.15) is 26.8 Å². The molecular formula is C16H11ClF3N7O5S3. The zero-order valence-electron chi connectivity index (χ0n) is 16.7. The maximum Gasteiger partial charge on any atom is 0.429 e. The Labute approximate surface area is 209 Å². The van der Waals surface area contributed by atoms with Crippen molar-refractivity contribution in [2.45, 2.75) is 36.1 Å². The Morgan fingerprint density at radius 2 is 2.09 bits per heavy atom. The van der Waals surface area contributed by atoms with Crippen LogP contribution >= 0.6 is 46.2 Å². The summed E-state index contributed by atoms with van der Waals surface area (Å²) >= 11 is 7.36. The topological polar surface area (TPSA) is 184 Å². The Morgan fingerprint density at radius 1 is 1.37 bits per heavy atom. The Bertz CT molecular complexity index is 1290. The quantitative estimate of drug-likeness (QED) is 0.174. The average molecular weight is 570 g/mol. The van der Waals surface area contributed by atoms with Gasteiger partial charge < -0.3 is 21.4 Å². The van der Waals surface area contributed by atoms with Crippen molar-refractivity contribution < 1.29 is 37.9 Å². The molecule has 0 bridgehead atoms. The fourth-order valence-electron chi connectivity index (χ4n) is 3.54. The highest BCUT2D eigenvalue weighted by atomic mass is 35.5. The number of nitrogens with one attached hydrogen (secondary N) is 1. The SMILES string of the molecule is Nc1nc(/C(=N/O)C(=O)N[C@@H]2C(=O)N3C(C(=O)O)=C(Sc4nnsc4C(F)(F)F)CC[C@H]23)c(Cl)s1. The van der Waals surface area contributed by atoms with E-state index in [2.05, 4.69) is 25.0 Å². The number of rotatable bonds is 6. The summed E-state index contributed by atoms with van der Waals surface area (Å²) in [6, 6.07) is -1.98. The van der Waals surface area contributed by atoms with Crippen LogP contribution in [0.4, 0.5) is 18.3 Å². The lowest BCUT2D eigenvalue weighted by Gasteiger charge is -2.50. The van der Waals surface area contributed by atoms with Crippen molar-refractivity contribution >= 4 is 74.9 Å². The second-order valence-corrected chi connectivity index (χ2v) is 10.4. The number of hydrogen-bond acceptors (Lipinski definition) is 12. The van der Waals surface area contributed by atoms with E-state index < -0.39 is 57.4 Å². The second-order valence-electron chi connectivity index (χ2n) is 6.97. The molecule has 4 heterocycles. The van der Waals surface area contributed by atoms with Crippen LogP contribution in [-0.4, -0.2) is 65.4 Å². The molecule has 2 aliphatic heterocycles. The molecule has 0 saturated carbocycles. The molecule has 0 aliphatic carbocycles. The Balaban J connectivity index is 1.55. The minimum Gasteiger partial charge on any atom is -0.477 e. The lowest BCUT2D eigenvalue weighted by molar-refractivity contribution is -0.155. The molecule has 186 valence electrons. The van der Waals surface area contributed by atoms with Crippen LogP contribution in [0.3, 0.4) is 0 Å². The summed E-state index contributed by atoms with van der Waals surface area (Å²) in [6.07, 6.45) is -4.60. The predicted molar refractivity (Wildman–Crippen MR) is 117 cm³/mol. The highest BCUT2D eigenvalue weighted by Crippen LogP contribution is 2.46. The third-order valence-electron chi connectivity index (χ3n) is 4.96. The highest BCUT2D eigenvalue weighted by Gasteiger charge is 2.54. The highest BCUT2D eigenvalue weighted by molar-refractivity contribution is 8.03. The van der Waals surface area contributed by atoms with Gasteiger partial charge in [-0.25, -0.2) is 9.78 Å². The molecule has 12 nitrogen and oxygen atoms in total. The van der Waals surface area contributed by atoms with Crippen LogP contribution in [0.5, 0.6) is 0 Å². The number of nitrogens with zero attached hydrogens (tertiary/aromatic N) is 5. The number of hydrogen-bond donors (Lipinski definition) is 4. The molecule has 2 aromatic heterocycles. The van der Waals surface area contributed by atoms with E-state index in [1.54, 1.807) is 0 Å². The van der Waals surface area contributed by atoms with Crippen molar-refractivity contribution in [1.82, 2.24) is 24.8 Å². The number of halogens is 4. The van der Waals surface area contributed by atoms with Crippen molar-refractivity contribution in [3.05, 3.63) is 25.5 Å². The van der Waals surface area contributed by atoms with Crippen molar-refractivity contribution in [2.24, 2.45) is 5.16 Å². The first-order valence-electron chi connectivity index (χ1n) is 9.26. The molecule has 0 unspecified atom stereocenters. The summed E-state index contributed by atoms with van der Waals surface area (Å²) in [5.41, 5.74) is 4.20. The van der Waals surface area contributed by atoms with Gasteiger partial charge in [0.05, 0.1) is 6.04 Å². The Kier molecular flexibility index (Phi) is 6.64. The molecule has 0 aromatic carbocycles. The predicted octanol–water partition coefficient (Wildman–Crippen LogP) is 2.01. The van der Waals surface area contributed by atoms with E-state index in [4.69, 9.17) is 17.3 Å². The molecule has 2 atom stereocenters. The first-order chi connectivity index (χ1) is 16.4. The number of amides is 2. The number of aromatic nitrogens is 3. The number of thiazole rings is 1. The van der Waals surface area contributed by atoms with Crippen LogP contribution in [-0.2, 0) is 20.6 Å². The Hall–Kier alpha value is -2.96. The van der Waals surface area contributed by atoms with Gasteiger partial charge in [-0.1, -0.05) is 44.3 Å². The number of oxime groups is 1. The van der Waals surface area contributed by atoms with E-state index in [-0.39, 0.29) is 44.4 Å². The van der Waals surface area contributed by atoms with E-state index in [1.165, 1.54) is 0 Å². The summed E-state index contributed by atoms with van der Waals surface area (Å²) in [6.45, 7) is 0. The van der Waals surface area contributed by atoms with E-state index in [9.17, 15) is 37.9 Å². The average Bonchev–Trinajstić information content (AvgIpc) is 3.38. The fourth-order valence-corrected chi connectivity index (χ4v) is 6.21. The minimum atomic E-state index is -4.73. The van der Waals surface area contributed by atoms with Crippen LogP contribution in [0.15, 0.2) is 20.8 Å². The molecule has 19 heteroatoms. The van der Waals surface area contributed by atoms with Gasteiger partial charge in [-0.2, -0.15) is 13.2 Å². The second kappa shape index (κ2) is 9.25. The number of alkyl halides is 3. The monoisotopic (exact) mass is 569 g/mol. The standard InChI is InChI=1S/C16H11ClF3N7O5S3/c17-10-6(23-15(21)34-10)7(25-32)11(28)22-5-3-1-2-4(8(14(30)31)27(3)13(5)29)33-12-9(16(18,19)20)35-26-24-12/h3,5,32H,1-2H2,(H2,21,23)(H,22,28)(H,30,31)/b25-7-/t3-,5+/m1/s1. The van der Waals surface area contributed by atoms with Crippen LogP contribution < -0.4 is 11.1 Å². The number of carboxylic acid groups (broad SMARTS) is 1. The molecule has 35 heavy (non-hydrogen) atoms. The van der Waals surface area contributed by atoms with Gasteiger partial charge in [0.15, 0.2) is 15.7 Å². The smallest absolute Gasteiger partial charge is 0.429 e. The van der Waals surface area contributed by atoms with E-state index in [1.807, 2.05) is 0 Å². The third kappa shape index (κ3) is 4.53. The number of carbonyl (C=O) groups excluding carboxylic acids is 2. The van der Waals surface area contributed by atoms with Crippen molar-refractivity contribution in [3.8, 4) is 0 Å². The molecule has 0 radical (unpaired) electrons. The van der Waals surface area contributed by atoms with Gasteiger partial charge in [-0.3, -0.25) is 14.5 Å². The first-order valence-corrected chi connectivity index (χ1v) is 12.0. The molecule has 0 spiro atoms. The normalized spacial score (nSPS) is 20.5. The lowest BCUT2D eigenvalue weighted by atomic mass is 9.86. The molecule has 1 fully saturated rings. The lowest BCUT2D eigenvalue weighted by Crippen LogP contribution is -2.72. The summed E-state index contributed by atoms with van der Waals surface area (Å²) in [5, 5.41) is 27.1. The number of thioether (sulfide) groups is 1. The largest absolute Gasteiger partial charge is 0.477 e. The molecular weight excluding hydrogens is 559 g/mol. The summed E-state index contributed by atoms with van der Waals surface area (Å²) in [7, 11) is 0. The number of nitrogen functional groups attached to an aromatic ring is 1. The number of carboxylic acids is 1. The van der Waals surface area contributed by atoms with Crippen LogP contribution in [0.25, 0.3) is 0 Å². The molecule has 1 saturated heterocycles. The van der Waals surface area contributed by atoms with Gasteiger partial charge in [0, 0.05) is 4.91 Å². The van der Waals surface area contributed by atoms with Crippen LogP contribution in [0.2, 0.25) is 4.34 Å². The van der Waals surface area contributed by atoms with Crippen molar-refractivity contribution in [2.75, 3.05) is 5.73 Å². The zero-order chi connectivity index (χ0) is 25.7. The maximum atomic E-state index is 13.2. The van der Waals surface area contributed by atoms with Gasteiger partial charge >= 0.3 is 12.1 Å². The molecule has 2 aromatic rings. The van der Waals surface area contributed by atoms with E-state index in [0.717, 1.165) is 16.2 Å². The number of carbonyl (C=O) groups is 3. The molecule has 2 aliphatic rings. The first kappa shape index (κ1) is 25.1. The van der Waals surface area contributed by atoms with Crippen molar-refractivity contribution in [1.29, 1.82) is 0 Å². The molecule has 5 N–H and O–H groups in total. The van der Waals surface area contributed by atoms with Crippen LogP contribution in [0.1, 0.15) is 23.4 Å². The van der Waals surface area contributed by atoms with Gasteiger partial charge in [-0.05, 0) is 24.4 Å². The minimum absolute atomic E-state index is 0.00221. The van der Waals surface area contributed by atoms with Gasteiger partial charge in [-0.15, -0.1) is 5.10 Å². The molecule has 4 rings (SSSR count). The summed E-state index contributed by atoms with van der Waals surface area (Å²) in [5.74, 6) is -3.36. The number of allylic oxidation sites excluding steroid dienone is 1. The van der Waals surface area contributed by atoms with Gasteiger partial charge in [0.2, 0.25) is 0 Å². The molecule has 2 amide bonds. The zero-order valence-corrected chi connectivity index (χ0v) is 19.9. The summed E-state index contributed by atoms with van der Waals surface area (Å²) < 4.78 is 42.7. The fraction of sp³-hybridized carbons (Fsp3) is 0.312. The third-order valence-corrected chi connectivity index (χ3v) is 8.06. The van der Waals surface area contributed by atoms with Gasteiger partial charge in [0.25, 0.3) is 11.8 Å². The number of fused-ring (bicyclic) bond motifs is 1. The van der Waals surface area contributed by atoms with Crippen LogP contribution in [0, 0.1) is 0 Å². The summed E-state index contributed by atoms with van der Waals surface area (Å²) in [4.78, 5) is 40.9.